The topological polar surface area (TPSA) is 73.2 Å². The van der Waals surface area contributed by atoms with Gasteiger partial charge in [-0.1, -0.05) is 48.0 Å². The SMILES string of the molecule is COc1ccc2c(=O)n(C3C=CC=CC3(Cl)NC(=O)c3ccccc3)c(C)nc2c1. The summed E-state index contributed by atoms with van der Waals surface area (Å²) in [5.74, 6) is 0.762. The quantitative estimate of drug-likeness (QED) is 0.514. The summed E-state index contributed by atoms with van der Waals surface area (Å²) >= 11 is 6.89. The fourth-order valence-corrected chi connectivity index (χ4v) is 3.90. The summed E-state index contributed by atoms with van der Waals surface area (Å²) in [4.78, 5) is 29.4. The highest BCUT2D eigenvalue weighted by atomic mass is 35.5. The van der Waals surface area contributed by atoms with Crippen molar-refractivity contribution < 1.29 is 9.53 Å². The third-order valence-corrected chi connectivity index (χ3v) is 5.52. The number of allylic oxidation sites excluding steroid dienone is 2. The fourth-order valence-electron chi connectivity index (χ4n) is 3.57. The van der Waals surface area contributed by atoms with Gasteiger partial charge in [0.25, 0.3) is 11.5 Å². The van der Waals surface area contributed by atoms with Crippen LogP contribution in [0.25, 0.3) is 10.9 Å². The predicted molar refractivity (Wildman–Crippen MR) is 117 cm³/mol. The molecule has 2 aromatic carbocycles. The third-order valence-electron chi connectivity index (χ3n) is 5.08. The van der Waals surface area contributed by atoms with E-state index in [9.17, 15) is 9.59 Å². The van der Waals surface area contributed by atoms with E-state index < -0.39 is 11.0 Å². The van der Waals surface area contributed by atoms with Gasteiger partial charge in [-0.2, -0.15) is 0 Å². The number of hydrogen-bond donors (Lipinski definition) is 1. The number of alkyl halides is 1. The number of amides is 1. The number of methoxy groups -OCH3 is 1. The molecule has 0 fully saturated rings. The Hall–Kier alpha value is -3.38. The van der Waals surface area contributed by atoms with Gasteiger partial charge in [0.05, 0.1) is 24.1 Å². The molecule has 1 N–H and O–H groups in total. The maximum Gasteiger partial charge on any atom is 0.262 e. The van der Waals surface area contributed by atoms with Crippen molar-refractivity contribution in [2.45, 2.75) is 18.0 Å². The molecule has 4 rings (SSSR count). The first kappa shape index (κ1) is 19.9. The second kappa shape index (κ2) is 7.80. The van der Waals surface area contributed by atoms with Crippen LogP contribution in [0.5, 0.6) is 5.75 Å². The van der Waals surface area contributed by atoms with Gasteiger partial charge in [0.1, 0.15) is 11.6 Å². The molecule has 152 valence electrons. The van der Waals surface area contributed by atoms with Gasteiger partial charge >= 0.3 is 0 Å². The van der Waals surface area contributed by atoms with E-state index in [0.29, 0.717) is 28.0 Å². The number of nitrogens with zero attached hydrogens (tertiary/aromatic N) is 2. The van der Waals surface area contributed by atoms with Crippen LogP contribution in [0.2, 0.25) is 0 Å². The fraction of sp³-hybridized carbons (Fsp3) is 0.174. The number of hydrogen-bond acceptors (Lipinski definition) is 4. The number of aryl methyl sites for hydroxylation is 1. The minimum absolute atomic E-state index is 0.246. The van der Waals surface area contributed by atoms with E-state index in [2.05, 4.69) is 10.3 Å². The van der Waals surface area contributed by atoms with Gasteiger partial charge < -0.3 is 10.1 Å². The van der Waals surface area contributed by atoms with Gasteiger partial charge in [-0.25, -0.2) is 4.98 Å². The molecule has 2 unspecified atom stereocenters. The van der Waals surface area contributed by atoms with E-state index in [1.807, 2.05) is 6.07 Å². The number of fused-ring (bicyclic) bond motifs is 1. The number of rotatable bonds is 4. The minimum Gasteiger partial charge on any atom is -0.497 e. The van der Waals surface area contributed by atoms with Gasteiger partial charge in [0.15, 0.2) is 5.00 Å². The van der Waals surface area contributed by atoms with E-state index in [1.54, 1.807) is 80.8 Å². The molecule has 1 aliphatic rings. The van der Waals surface area contributed by atoms with Crippen molar-refractivity contribution in [3.05, 3.63) is 94.6 Å². The van der Waals surface area contributed by atoms with E-state index in [4.69, 9.17) is 16.3 Å². The number of benzene rings is 2. The van der Waals surface area contributed by atoms with Crippen LogP contribution in [0, 0.1) is 6.92 Å². The standard InChI is InChI=1S/C23H20ClN3O3/c1-15-25-19-14-17(30-2)11-12-18(19)22(29)27(15)20-10-6-7-13-23(20,24)26-21(28)16-8-4-3-5-9-16/h3-14,20H,1-2H3,(H,26,28). The van der Waals surface area contributed by atoms with Crippen LogP contribution in [0.15, 0.2) is 77.6 Å². The Labute approximate surface area is 178 Å². The summed E-state index contributed by atoms with van der Waals surface area (Å²) in [6.07, 6.45) is 6.99. The lowest BCUT2D eigenvalue weighted by Crippen LogP contribution is -2.51. The van der Waals surface area contributed by atoms with Gasteiger partial charge in [-0.15, -0.1) is 0 Å². The van der Waals surface area contributed by atoms with E-state index in [0.717, 1.165) is 0 Å². The molecule has 0 radical (unpaired) electrons. The smallest absolute Gasteiger partial charge is 0.262 e. The Morgan fingerprint density at radius 3 is 2.70 bits per heavy atom. The molecule has 3 aromatic rings. The predicted octanol–water partition coefficient (Wildman–Crippen LogP) is 3.75. The molecule has 30 heavy (non-hydrogen) atoms. The lowest BCUT2D eigenvalue weighted by atomic mass is 10.00. The molecular weight excluding hydrogens is 402 g/mol. The summed E-state index contributed by atoms with van der Waals surface area (Å²) in [5, 5.41) is 3.30. The summed E-state index contributed by atoms with van der Waals surface area (Å²) in [6.45, 7) is 1.74. The van der Waals surface area contributed by atoms with Crippen LogP contribution in [0.4, 0.5) is 0 Å². The van der Waals surface area contributed by atoms with E-state index in [1.165, 1.54) is 4.57 Å². The average Bonchev–Trinajstić information content (AvgIpc) is 2.75. The first-order valence-corrected chi connectivity index (χ1v) is 9.80. The van der Waals surface area contributed by atoms with Crippen LogP contribution < -0.4 is 15.6 Å². The largest absolute Gasteiger partial charge is 0.497 e. The molecule has 7 heteroatoms. The first-order valence-electron chi connectivity index (χ1n) is 9.42. The molecule has 0 aliphatic heterocycles. The van der Waals surface area contributed by atoms with E-state index >= 15 is 0 Å². The minimum atomic E-state index is -1.34. The lowest BCUT2D eigenvalue weighted by Gasteiger charge is -2.35. The molecule has 0 spiro atoms. The van der Waals surface area contributed by atoms with Gasteiger partial charge in [0.2, 0.25) is 0 Å². The molecule has 0 saturated carbocycles. The van der Waals surface area contributed by atoms with Crippen molar-refractivity contribution in [2.75, 3.05) is 7.11 Å². The van der Waals surface area contributed by atoms with E-state index in [-0.39, 0.29) is 11.5 Å². The Morgan fingerprint density at radius 2 is 1.97 bits per heavy atom. The van der Waals surface area contributed by atoms with Gasteiger partial charge in [-0.3, -0.25) is 14.2 Å². The number of carbonyl (C=O) groups is 1. The Morgan fingerprint density at radius 1 is 1.20 bits per heavy atom. The Balaban J connectivity index is 1.79. The molecule has 0 bridgehead atoms. The van der Waals surface area contributed by atoms with Crippen LogP contribution in [0.3, 0.4) is 0 Å². The Bertz CT molecular complexity index is 1230. The van der Waals surface area contributed by atoms with Gasteiger partial charge in [-0.05, 0) is 37.3 Å². The number of aromatic nitrogens is 2. The molecule has 1 amide bonds. The lowest BCUT2D eigenvalue weighted by molar-refractivity contribution is 0.0927. The second-order valence-corrected chi connectivity index (χ2v) is 7.62. The maximum absolute atomic E-state index is 13.3. The van der Waals surface area contributed by atoms with Crippen LogP contribution in [-0.2, 0) is 0 Å². The number of carbonyl (C=O) groups excluding carboxylic acids is 1. The normalized spacial score (nSPS) is 20.3. The number of nitrogens with one attached hydrogen (secondary N) is 1. The molecule has 0 saturated heterocycles. The summed E-state index contributed by atoms with van der Waals surface area (Å²) in [6, 6.07) is 13.2. The Kier molecular flexibility index (Phi) is 5.18. The van der Waals surface area contributed by atoms with Crippen molar-refractivity contribution in [3.63, 3.8) is 0 Å². The molecule has 2 atom stereocenters. The van der Waals surface area contributed by atoms with Crippen molar-refractivity contribution in [2.24, 2.45) is 0 Å². The highest BCUT2D eigenvalue weighted by Gasteiger charge is 2.39. The highest BCUT2D eigenvalue weighted by molar-refractivity contribution is 6.27. The maximum atomic E-state index is 13.3. The highest BCUT2D eigenvalue weighted by Crippen LogP contribution is 2.33. The van der Waals surface area contributed by atoms with Crippen molar-refractivity contribution >= 4 is 28.4 Å². The number of halogens is 1. The average molecular weight is 422 g/mol. The zero-order valence-corrected chi connectivity index (χ0v) is 17.3. The van der Waals surface area contributed by atoms with Crippen LogP contribution in [0.1, 0.15) is 22.2 Å². The van der Waals surface area contributed by atoms with Gasteiger partial charge in [0, 0.05) is 11.6 Å². The van der Waals surface area contributed by atoms with Crippen molar-refractivity contribution in [1.82, 2.24) is 14.9 Å². The molecular formula is C23H20ClN3O3. The molecule has 1 aliphatic carbocycles. The number of ether oxygens (including phenoxy) is 1. The van der Waals surface area contributed by atoms with Crippen LogP contribution in [-0.4, -0.2) is 27.6 Å². The monoisotopic (exact) mass is 421 g/mol. The van der Waals surface area contributed by atoms with Crippen molar-refractivity contribution in [3.8, 4) is 5.75 Å². The summed E-state index contributed by atoms with van der Waals surface area (Å²) in [5.41, 5.74) is 0.771. The molecule has 6 nitrogen and oxygen atoms in total. The third kappa shape index (κ3) is 3.50. The first-order chi connectivity index (χ1) is 14.4. The van der Waals surface area contributed by atoms with Crippen molar-refractivity contribution in [1.29, 1.82) is 0 Å². The second-order valence-electron chi connectivity index (χ2n) is 6.99. The summed E-state index contributed by atoms with van der Waals surface area (Å²) < 4.78 is 6.74. The molecule has 1 heterocycles. The molecule has 1 aromatic heterocycles. The summed E-state index contributed by atoms with van der Waals surface area (Å²) in [7, 11) is 1.56. The zero-order chi connectivity index (χ0) is 21.3. The zero-order valence-electron chi connectivity index (χ0n) is 16.5. The van der Waals surface area contributed by atoms with Crippen LogP contribution >= 0.6 is 11.6 Å².